The minimum atomic E-state index is -2.91. The van der Waals surface area contributed by atoms with Crippen molar-refractivity contribution in [1.29, 1.82) is 0 Å². The molecule has 1 N–H and O–H groups in total. The highest BCUT2D eigenvalue weighted by Crippen LogP contribution is 2.26. The van der Waals surface area contributed by atoms with Gasteiger partial charge in [0.1, 0.15) is 0 Å². The highest BCUT2D eigenvalue weighted by atomic mass is 19.3. The van der Waals surface area contributed by atoms with E-state index in [1.807, 2.05) is 0 Å². The third-order valence-corrected chi connectivity index (χ3v) is 1.73. The van der Waals surface area contributed by atoms with E-state index >= 15 is 0 Å². The smallest absolute Gasteiger partial charge is 0.345 e. The third-order valence-electron chi connectivity index (χ3n) is 1.73. The van der Waals surface area contributed by atoms with Crippen LogP contribution in [0.1, 0.15) is 20.8 Å². The van der Waals surface area contributed by atoms with Crippen molar-refractivity contribution >= 4 is 5.97 Å². The number of hydrogen-bond acceptors (Lipinski definition) is 2. The topological polar surface area (TPSA) is 46.5 Å². The molecule has 0 aromatic rings. The number of carbonyl (C=O) groups is 1. The van der Waals surface area contributed by atoms with E-state index in [1.165, 1.54) is 0 Å². The van der Waals surface area contributed by atoms with E-state index in [4.69, 9.17) is 5.11 Å². The van der Waals surface area contributed by atoms with Gasteiger partial charge in [-0.25, -0.2) is 0 Å². The molecule has 0 radical (unpaired) electrons. The van der Waals surface area contributed by atoms with Crippen LogP contribution in [0.25, 0.3) is 0 Å². The van der Waals surface area contributed by atoms with Crippen LogP contribution in [0.4, 0.5) is 8.78 Å². The Morgan fingerprint density at radius 2 is 1.92 bits per heavy atom. The standard InChI is InChI=1S/C8H14F2O3/c1-8(2,3)5(6(11)12)4-13-7(9)10/h5,7H,4H2,1-3H3,(H,11,12). The van der Waals surface area contributed by atoms with E-state index in [9.17, 15) is 13.6 Å². The zero-order valence-electron chi connectivity index (χ0n) is 7.88. The number of ether oxygens (including phenoxy) is 1. The Hall–Kier alpha value is -0.710. The normalized spacial score (nSPS) is 14.6. The molecule has 78 valence electrons. The maximum absolute atomic E-state index is 11.6. The zero-order valence-corrected chi connectivity index (χ0v) is 7.88. The average Bonchev–Trinajstić information content (AvgIpc) is 1.81. The number of hydrogen-bond donors (Lipinski definition) is 1. The average molecular weight is 196 g/mol. The largest absolute Gasteiger partial charge is 0.481 e. The van der Waals surface area contributed by atoms with Crippen LogP contribution in [-0.2, 0) is 9.53 Å². The molecule has 0 aliphatic rings. The molecule has 0 heterocycles. The summed E-state index contributed by atoms with van der Waals surface area (Å²) in [5, 5.41) is 8.70. The van der Waals surface area contributed by atoms with Gasteiger partial charge < -0.3 is 9.84 Å². The van der Waals surface area contributed by atoms with Gasteiger partial charge in [0.2, 0.25) is 0 Å². The molecule has 0 aromatic carbocycles. The Bertz CT molecular complexity index is 175. The first kappa shape index (κ1) is 12.3. The lowest BCUT2D eigenvalue weighted by molar-refractivity contribution is -0.166. The molecule has 0 bridgehead atoms. The summed E-state index contributed by atoms with van der Waals surface area (Å²) in [6.07, 6.45) is 0. The molecule has 0 aliphatic heterocycles. The first-order chi connectivity index (χ1) is 5.75. The fraction of sp³-hybridized carbons (Fsp3) is 0.875. The van der Waals surface area contributed by atoms with Gasteiger partial charge in [0.15, 0.2) is 0 Å². The summed E-state index contributed by atoms with van der Waals surface area (Å²) in [7, 11) is 0. The van der Waals surface area contributed by atoms with Crippen molar-refractivity contribution in [2.75, 3.05) is 6.61 Å². The molecule has 13 heavy (non-hydrogen) atoms. The van der Waals surface area contributed by atoms with Crippen molar-refractivity contribution in [2.45, 2.75) is 27.4 Å². The van der Waals surface area contributed by atoms with Crippen LogP contribution in [0.15, 0.2) is 0 Å². The van der Waals surface area contributed by atoms with Gasteiger partial charge in [0.25, 0.3) is 0 Å². The molecule has 0 aliphatic carbocycles. The molecule has 0 saturated carbocycles. The molecular formula is C8H14F2O3. The Morgan fingerprint density at radius 3 is 2.15 bits per heavy atom. The van der Waals surface area contributed by atoms with E-state index in [0.29, 0.717) is 0 Å². The van der Waals surface area contributed by atoms with Crippen molar-refractivity contribution in [3.8, 4) is 0 Å². The zero-order chi connectivity index (χ0) is 10.6. The van der Waals surface area contributed by atoms with E-state index in [2.05, 4.69) is 4.74 Å². The van der Waals surface area contributed by atoms with Gasteiger partial charge in [-0.2, -0.15) is 8.78 Å². The van der Waals surface area contributed by atoms with Crippen molar-refractivity contribution in [3.63, 3.8) is 0 Å². The number of rotatable bonds is 4. The summed E-state index contributed by atoms with van der Waals surface area (Å²) >= 11 is 0. The lowest BCUT2D eigenvalue weighted by atomic mass is 9.81. The number of halogens is 2. The fourth-order valence-electron chi connectivity index (χ4n) is 0.861. The third kappa shape index (κ3) is 4.77. The molecule has 0 saturated heterocycles. The van der Waals surface area contributed by atoms with E-state index in [1.54, 1.807) is 20.8 Å². The molecule has 1 atom stereocenters. The Labute approximate surface area is 75.7 Å². The molecule has 0 spiro atoms. The maximum Gasteiger partial charge on any atom is 0.345 e. The van der Waals surface area contributed by atoms with E-state index in [0.717, 1.165) is 0 Å². The van der Waals surface area contributed by atoms with Crippen LogP contribution in [-0.4, -0.2) is 24.3 Å². The maximum atomic E-state index is 11.6. The van der Waals surface area contributed by atoms with Gasteiger partial charge >= 0.3 is 12.6 Å². The van der Waals surface area contributed by atoms with Crippen molar-refractivity contribution < 1.29 is 23.4 Å². The van der Waals surface area contributed by atoms with Gasteiger partial charge in [-0.1, -0.05) is 20.8 Å². The molecule has 1 unspecified atom stereocenters. The van der Waals surface area contributed by atoms with Crippen LogP contribution in [0, 0.1) is 11.3 Å². The Morgan fingerprint density at radius 1 is 1.46 bits per heavy atom. The number of alkyl halides is 2. The highest BCUT2D eigenvalue weighted by Gasteiger charge is 2.32. The molecule has 3 nitrogen and oxygen atoms in total. The van der Waals surface area contributed by atoms with Crippen LogP contribution in [0.3, 0.4) is 0 Å². The van der Waals surface area contributed by atoms with Gasteiger partial charge in [0.05, 0.1) is 12.5 Å². The summed E-state index contributed by atoms with van der Waals surface area (Å²) < 4.78 is 27.2. The lowest BCUT2D eigenvalue weighted by Crippen LogP contribution is -2.33. The fourth-order valence-corrected chi connectivity index (χ4v) is 0.861. The molecular weight excluding hydrogens is 182 g/mol. The summed E-state index contributed by atoms with van der Waals surface area (Å²) in [5.41, 5.74) is -0.583. The van der Waals surface area contributed by atoms with Gasteiger partial charge in [-0.15, -0.1) is 0 Å². The van der Waals surface area contributed by atoms with Crippen molar-refractivity contribution in [1.82, 2.24) is 0 Å². The number of carboxylic acid groups (broad SMARTS) is 1. The molecule has 0 fully saturated rings. The quantitative estimate of drug-likeness (QED) is 0.747. The van der Waals surface area contributed by atoms with Crippen molar-refractivity contribution in [2.24, 2.45) is 11.3 Å². The summed E-state index contributed by atoms with van der Waals surface area (Å²) in [6.45, 7) is 1.63. The summed E-state index contributed by atoms with van der Waals surface area (Å²) in [4.78, 5) is 10.6. The molecule has 0 aromatic heterocycles. The lowest BCUT2D eigenvalue weighted by Gasteiger charge is -2.26. The second-order valence-corrected chi connectivity index (χ2v) is 3.85. The second kappa shape index (κ2) is 4.50. The minimum absolute atomic E-state index is 0.462. The van der Waals surface area contributed by atoms with E-state index < -0.39 is 30.5 Å². The van der Waals surface area contributed by atoms with Crippen LogP contribution >= 0.6 is 0 Å². The van der Waals surface area contributed by atoms with Gasteiger partial charge in [-0.3, -0.25) is 4.79 Å². The van der Waals surface area contributed by atoms with Crippen molar-refractivity contribution in [3.05, 3.63) is 0 Å². The first-order valence-corrected chi connectivity index (χ1v) is 3.87. The molecule has 5 heteroatoms. The van der Waals surface area contributed by atoms with Crippen LogP contribution in [0.2, 0.25) is 0 Å². The second-order valence-electron chi connectivity index (χ2n) is 3.85. The molecule has 0 amide bonds. The van der Waals surface area contributed by atoms with Gasteiger partial charge in [-0.05, 0) is 5.41 Å². The minimum Gasteiger partial charge on any atom is -0.481 e. The van der Waals surface area contributed by atoms with Crippen LogP contribution in [0.5, 0.6) is 0 Å². The van der Waals surface area contributed by atoms with Gasteiger partial charge in [0, 0.05) is 0 Å². The SMILES string of the molecule is CC(C)(C)C(COC(F)F)C(=O)O. The number of carboxylic acids is 1. The van der Waals surface area contributed by atoms with E-state index in [-0.39, 0.29) is 0 Å². The highest BCUT2D eigenvalue weighted by molar-refractivity contribution is 5.71. The summed E-state index contributed by atoms with van der Waals surface area (Å²) in [5.74, 6) is -2.03. The predicted molar refractivity (Wildman–Crippen MR) is 42.5 cm³/mol. The van der Waals surface area contributed by atoms with Crippen LogP contribution < -0.4 is 0 Å². The predicted octanol–water partition coefficient (Wildman–Crippen LogP) is 1.97. The summed E-state index contributed by atoms with van der Waals surface area (Å²) in [6, 6.07) is 0. The monoisotopic (exact) mass is 196 g/mol. The Balaban J connectivity index is 4.20. The Kier molecular flexibility index (Phi) is 4.26. The first-order valence-electron chi connectivity index (χ1n) is 3.87. The number of aliphatic carboxylic acids is 1. The molecule has 0 rings (SSSR count).